The lowest BCUT2D eigenvalue weighted by Gasteiger charge is -2.15. The van der Waals surface area contributed by atoms with Gasteiger partial charge in [0.05, 0.1) is 0 Å². The molecule has 0 atom stereocenters. The first-order valence-electron chi connectivity index (χ1n) is 8.68. The number of aromatic hydroxyl groups is 1. The Labute approximate surface area is 154 Å². The molecule has 0 aliphatic carbocycles. The maximum Gasteiger partial charge on any atom is 0.119 e. The van der Waals surface area contributed by atoms with Gasteiger partial charge in [-0.1, -0.05) is 54.6 Å². The Kier molecular flexibility index (Phi) is 5.72. The highest BCUT2D eigenvalue weighted by atomic mass is 16.5. The zero-order valence-electron chi connectivity index (χ0n) is 14.9. The third-order valence-electron chi connectivity index (χ3n) is 4.27. The van der Waals surface area contributed by atoms with E-state index in [4.69, 9.17) is 10.5 Å². The molecule has 0 fully saturated rings. The number of nitrogens with two attached hydrogens (primary N) is 1. The first kappa shape index (κ1) is 17.8. The summed E-state index contributed by atoms with van der Waals surface area (Å²) >= 11 is 0. The summed E-state index contributed by atoms with van der Waals surface area (Å²) in [4.78, 5) is 0. The Hall–Kier alpha value is -3.04. The molecule has 0 aliphatic rings. The number of phenols is 1. The molecule has 0 amide bonds. The van der Waals surface area contributed by atoms with E-state index in [0.717, 1.165) is 22.4 Å². The van der Waals surface area contributed by atoms with E-state index in [0.29, 0.717) is 13.2 Å². The smallest absolute Gasteiger partial charge is 0.119 e. The van der Waals surface area contributed by atoms with Crippen LogP contribution < -0.4 is 10.5 Å². The van der Waals surface area contributed by atoms with Crippen LogP contribution in [-0.4, -0.2) is 18.3 Å². The number of hydrogen-bond acceptors (Lipinski definition) is 3. The highest BCUT2D eigenvalue weighted by Gasteiger charge is 2.11. The third kappa shape index (κ3) is 4.13. The van der Waals surface area contributed by atoms with Crippen molar-refractivity contribution in [3.05, 3.63) is 95.6 Å². The van der Waals surface area contributed by atoms with Crippen molar-refractivity contribution in [2.45, 2.75) is 6.92 Å². The average molecular weight is 345 g/mol. The van der Waals surface area contributed by atoms with Crippen LogP contribution in [0.4, 0.5) is 0 Å². The zero-order chi connectivity index (χ0) is 18.4. The largest absolute Gasteiger partial charge is 0.508 e. The molecular formula is C23H23NO2. The molecule has 3 nitrogen and oxygen atoms in total. The number of phenolic OH excluding ortho intramolecular Hbond substituents is 1. The van der Waals surface area contributed by atoms with Crippen molar-refractivity contribution in [1.82, 2.24) is 0 Å². The van der Waals surface area contributed by atoms with Crippen molar-refractivity contribution in [2.24, 2.45) is 5.73 Å². The molecule has 0 aliphatic heterocycles. The van der Waals surface area contributed by atoms with Gasteiger partial charge in [0.25, 0.3) is 0 Å². The van der Waals surface area contributed by atoms with Crippen molar-refractivity contribution in [3.63, 3.8) is 0 Å². The molecule has 3 heteroatoms. The number of allylic oxidation sites excluding steroid dienone is 1. The molecule has 0 unspecified atom stereocenters. The van der Waals surface area contributed by atoms with Crippen molar-refractivity contribution >= 4 is 11.1 Å². The Morgan fingerprint density at radius 2 is 1.38 bits per heavy atom. The second-order valence-corrected chi connectivity index (χ2v) is 6.07. The minimum atomic E-state index is 0.260. The Balaban J connectivity index is 2.07. The predicted molar refractivity (Wildman–Crippen MR) is 107 cm³/mol. The van der Waals surface area contributed by atoms with Gasteiger partial charge >= 0.3 is 0 Å². The lowest BCUT2D eigenvalue weighted by atomic mass is 9.90. The molecule has 3 rings (SSSR count). The summed E-state index contributed by atoms with van der Waals surface area (Å²) in [5.41, 5.74) is 11.1. The normalized spacial score (nSPS) is 11.8. The third-order valence-corrected chi connectivity index (χ3v) is 4.27. The van der Waals surface area contributed by atoms with Crippen LogP contribution in [0.1, 0.15) is 23.6 Å². The van der Waals surface area contributed by atoms with Crippen LogP contribution in [0.2, 0.25) is 0 Å². The van der Waals surface area contributed by atoms with Gasteiger partial charge in [0.2, 0.25) is 0 Å². The average Bonchev–Trinajstić information content (AvgIpc) is 2.69. The molecule has 3 N–H and O–H groups in total. The number of hydrogen-bond donors (Lipinski definition) is 2. The maximum atomic E-state index is 9.64. The first-order valence-corrected chi connectivity index (χ1v) is 8.68. The summed E-state index contributed by atoms with van der Waals surface area (Å²) in [6.45, 7) is 3.12. The second kappa shape index (κ2) is 8.37. The Morgan fingerprint density at radius 1 is 0.808 bits per heavy atom. The van der Waals surface area contributed by atoms with E-state index in [2.05, 4.69) is 31.2 Å². The molecule has 0 bridgehead atoms. The summed E-state index contributed by atoms with van der Waals surface area (Å²) in [6.07, 6.45) is 0. The monoisotopic (exact) mass is 345 g/mol. The fourth-order valence-electron chi connectivity index (χ4n) is 2.95. The Bertz CT molecular complexity index is 866. The van der Waals surface area contributed by atoms with Crippen molar-refractivity contribution in [1.29, 1.82) is 0 Å². The highest BCUT2D eigenvalue weighted by molar-refractivity contribution is 5.97. The maximum absolute atomic E-state index is 9.64. The quantitative estimate of drug-likeness (QED) is 0.636. The van der Waals surface area contributed by atoms with Gasteiger partial charge in [-0.05, 0) is 59.0 Å². The molecule has 0 spiro atoms. The molecule has 26 heavy (non-hydrogen) atoms. The van der Waals surface area contributed by atoms with E-state index in [1.807, 2.05) is 42.5 Å². The van der Waals surface area contributed by atoms with E-state index >= 15 is 0 Å². The highest BCUT2D eigenvalue weighted by Crippen LogP contribution is 2.33. The molecular weight excluding hydrogens is 322 g/mol. The van der Waals surface area contributed by atoms with E-state index < -0.39 is 0 Å². The summed E-state index contributed by atoms with van der Waals surface area (Å²) in [7, 11) is 0. The number of benzene rings is 3. The predicted octanol–water partition coefficient (Wildman–Crippen LogP) is 4.71. The van der Waals surface area contributed by atoms with Gasteiger partial charge in [0.15, 0.2) is 0 Å². The molecule has 0 radical (unpaired) electrons. The molecule has 0 saturated heterocycles. The van der Waals surface area contributed by atoms with Gasteiger partial charge in [-0.3, -0.25) is 0 Å². The van der Waals surface area contributed by atoms with Gasteiger partial charge in [0.1, 0.15) is 18.1 Å². The van der Waals surface area contributed by atoms with Crippen LogP contribution in [-0.2, 0) is 0 Å². The van der Waals surface area contributed by atoms with Crippen LogP contribution in [0.15, 0.2) is 78.9 Å². The SMILES string of the molecule is C/C(=C(/c1ccc(O)cc1)c1ccc(OCCN)cc1)c1ccccc1. The van der Waals surface area contributed by atoms with E-state index in [1.165, 1.54) is 11.1 Å². The van der Waals surface area contributed by atoms with Crippen molar-refractivity contribution < 1.29 is 9.84 Å². The molecule has 0 saturated carbocycles. The van der Waals surface area contributed by atoms with Crippen molar-refractivity contribution in [3.8, 4) is 11.5 Å². The van der Waals surface area contributed by atoms with E-state index in [9.17, 15) is 5.11 Å². The summed E-state index contributed by atoms with van der Waals surface area (Å²) < 4.78 is 5.58. The minimum absolute atomic E-state index is 0.260. The standard InChI is InChI=1S/C23H23NO2/c1-17(18-5-3-2-4-6-18)23(19-7-11-21(25)12-8-19)20-9-13-22(14-10-20)26-16-15-24/h2-14,25H,15-16,24H2,1H3/b23-17+. The van der Waals surface area contributed by atoms with E-state index in [1.54, 1.807) is 12.1 Å². The van der Waals surface area contributed by atoms with Gasteiger partial charge in [0, 0.05) is 6.54 Å². The van der Waals surface area contributed by atoms with Crippen LogP contribution in [0.25, 0.3) is 11.1 Å². The first-order chi connectivity index (χ1) is 12.7. The van der Waals surface area contributed by atoms with Gasteiger partial charge in [-0.25, -0.2) is 0 Å². The minimum Gasteiger partial charge on any atom is -0.508 e. The summed E-state index contributed by atoms with van der Waals surface area (Å²) in [5.74, 6) is 1.07. The van der Waals surface area contributed by atoms with Gasteiger partial charge in [-0.2, -0.15) is 0 Å². The summed E-state index contributed by atoms with van der Waals surface area (Å²) in [6, 6.07) is 25.6. The Morgan fingerprint density at radius 3 is 1.96 bits per heavy atom. The fraction of sp³-hybridized carbons (Fsp3) is 0.130. The topological polar surface area (TPSA) is 55.5 Å². The molecule has 132 valence electrons. The molecule has 3 aromatic carbocycles. The van der Waals surface area contributed by atoms with Crippen LogP contribution >= 0.6 is 0 Å². The zero-order valence-corrected chi connectivity index (χ0v) is 14.9. The second-order valence-electron chi connectivity index (χ2n) is 6.07. The lowest BCUT2D eigenvalue weighted by Crippen LogP contribution is -2.10. The van der Waals surface area contributed by atoms with Crippen LogP contribution in [0.3, 0.4) is 0 Å². The van der Waals surface area contributed by atoms with Crippen LogP contribution in [0.5, 0.6) is 11.5 Å². The molecule has 3 aromatic rings. The van der Waals surface area contributed by atoms with Gasteiger partial charge in [-0.15, -0.1) is 0 Å². The van der Waals surface area contributed by atoms with Gasteiger partial charge < -0.3 is 15.6 Å². The fourth-order valence-corrected chi connectivity index (χ4v) is 2.95. The molecule has 0 heterocycles. The van der Waals surface area contributed by atoms with E-state index in [-0.39, 0.29) is 5.75 Å². The number of ether oxygens (including phenoxy) is 1. The van der Waals surface area contributed by atoms with Crippen LogP contribution in [0, 0.1) is 0 Å². The lowest BCUT2D eigenvalue weighted by molar-refractivity contribution is 0.328. The van der Waals surface area contributed by atoms with Crippen molar-refractivity contribution in [2.75, 3.05) is 13.2 Å². The number of rotatable bonds is 6. The molecule has 0 aromatic heterocycles. The summed E-state index contributed by atoms with van der Waals surface area (Å²) in [5, 5.41) is 9.64.